The molecule has 1 atom stereocenters. The average molecular weight is 891 g/mol. The van der Waals surface area contributed by atoms with E-state index in [-0.39, 0.29) is 50.4 Å². The summed E-state index contributed by atoms with van der Waals surface area (Å²) in [6, 6.07) is 0. The number of allylic oxidation sites excluding steroid dienone is 28. The van der Waals surface area contributed by atoms with Gasteiger partial charge in [-0.2, -0.15) is 0 Å². The van der Waals surface area contributed by atoms with Gasteiger partial charge in [0.25, 0.3) is 0 Å². The molecule has 358 valence electrons. The van der Waals surface area contributed by atoms with Gasteiger partial charge in [-0.15, -0.1) is 0 Å². The van der Waals surface area contributed by atoms with Gasteiger partial charge in [0.1, 0.15) is 13.2 Å². The zero-order valence-corrected chi connectivity index (χ0v) is 40.7. The van der Waals surface area contributed by atoms with E-state index in [1.807, 2.05) is 66.8 Å². The lowest BCUT2D eigenvalue weighted by Gasteiger charge is -2.18. The van der Waals surface area contributed by atoms with Crippen molar-refractivity contribution in [1.29, 1.82) is 0 Å². The molecule has 6 heteroatoms. The molecule has 0 saturated carbocycles. The first-order chi connectivity index (χ1) is 32.0. The van der Waals surface area contributed by atoms with Crippen LogP contribution in [0.25, 0.3) is 0 Å². The highest BCUT2D eigenvalue weighted by atomic mass is 16.6. The second kappa shape index (κ2) is 51.4. The molecule has 0 heterocycles. The van der Waals surface area contributed by atoms with Gasteiger partial charge in [0, 0.05) is 19.3 Å². The van der Waals surface area contributed by atoms with Crippen LogP contribution in [0.15, 0.2) is 170 Å². The second-order valence-electron chi connectivity index (χ2n) is 15.4. The van der Waals surface area contributed by atoms with E-state index < -0.39 is 6.10 Å². The molecular formula is C59H86O6. The Bertz CT molecular complexity index is 1590. The van der Waals surface area contributed by atoms with Crippen molar-refractivity contribution >= 4 is 17.9 Å². The van der Waals surface area contributed by atoms with E-state index >= 15 is 0 Å². The van der Waals surface area contributed by atoms with Crippen molar-refractivity contribution in [3.8, 4) is 0 Å². The smallest absolute Gasteiger partial charge is 0.306 e. The Labute approximate surface area is 396 Å². The number of hydrogen-bond donors (Lipinski definition) is 0. The Hall–Kier alpha value is -5.23. The molecule has 0 aliphatic carbocycles. The Balaban J connectivity index is 4.65. The van der Waals surface area contributed by atoms with Crippen LogP contribution in [-0.2, 0) is 28.6 Å². The van der Waals surface area contributed by atoms with Crippen molar-refractivity contribution in [1.82, 2.24) is 0 Å². The van der Waals surface area contributed by atoms with E-state index in [2.05, 4.69) is 124 Å². The summed E-state index contributed by atoms with van der Waals surface area (Å²) in [6.07, 6.45) is 76.4. The fraction of sp³-hybridized carbons (Fsp3) is 0.475. The topological polar surface area (TPSA) is 78.9 Å². The van der Waals surface area contributed by atoms with Crippen LogP contribution in [0.4, 0.5) is 0 Å². The van der Waals surface area contributed by atoms with Crippen molar-refractivity contribution < 1.29 is 28.6 Å². The number of carbonyl (C=O) groups excluding carboxylic acids is 3. The minimum absolute atomic E-state index is 0.153. The van der Waals surface area contributed by atoms with Crippen LogP contribution < -0.4 is 0 Å². The maximum atomic E-state index is 12.8. The summed E-state index contributed by atoms with van der Waals surface area (Å²) in [5.74, 6) is -1.14. The molecular weight excluding hydrogens is 805 g/mol. The summed E-state index contributed by atoms with van der Waals surface area (Å²) in [6.45, 7) is 6.07. The van der Waals surface area contributed by atoms with Crippen molar-refractivity contribution in [2.75, 3.05) is 13.2 Å². The van der Waals surface area contributed by atoms with Gasteiger partial charge in [0.05, 0.1) is 0 Å². The van der Waals surface area contributed by atoms with Gasteiger partial charge in [-0.25, -0.2) is 0 Å². The van der Waals surface area contributed by atoms with Crippen LogP contribution in [0.1, 0.15) is 162 Å². The second-order valence-corrected chi connectivity index (χ2v) is 15.4. The molecule has 0 rings (SSSR count). The number of ether oxygens (including phenoxy) is 3. The normalized spacial score (nSPS) is 13.6. The largest absolute Gasteiger partial charge is 0.462 e. The predicted octanol–water partition coefficient (Wildman–Crippen LogP) is 16.4. The van der Waals surface area contributed by atoms with E-state index in [4.69, 9.17) is 14.2 Å². The SMILES string of the molecule is CC\C=C/C=C\C=C/C=C\C=C/CCCC(=O)OCC(COC(=O)CC/C=C\C/C=C\C/C=C\C/C=C\C/C=C\C/C=C\CC)OC(=O)CCCCCCCCC\C=C/C=C\C=C/CC. The molecule has 6 nitrogen and oxygen atoms in total. The summed E-state index contributed by atoms with van der Waals surface area (Å²) in [7, 11) is 0. The predicted molar refractivity (Wildman–Crippen MR) is 278 cm³/mol. The molecule has 65 heavy (non-hydrogen) atoms. The number of rotatable bonds is 41. The molecule has 0 amide bonds. The maximum Gasteiger partial charge on any atom is 0.306 e. The zero-order chi connectivity index (χ0) is 47.2. The molecule has 0 spiro atoms. The van der Waals surface area contributed by atoms with Gasteiger partial charge in [-0.1, -0.05) is 223 Å². The quantitative estimate of drug-likeness (QED) is 0.0200. The Morgan fingerprint density at radius 1 is 0.323 bits per heavy atom. The molecule has 0 aliphatic rings. The molecule has 0 fully saturated rings. The van der Waals surface area contributed by atoms with Gasteiger partial charge in [0.2, 0.25) is 0 Å². The Kier molecular flexibility index (Phi) is 47.3. The summed E-state index contributed by atoms with van der Waals surface area (Å²) >= 11 is 0. The Morgan fingerprint density at radius 3 is 1.15 bits per heavy atom. The summed E-state index contributed by atoms with van der Waals surface area (Å²) < 4.78 is 16.6. The van der Waals surface area contributed by atoms with Crippen LogP contribution in [0, 0.1) is 0 Å². The summed E-state index contributed by atoms with van der Waals surface area (Å²) in [4.78, 5) is 37.9. The molecule has 0 aromatic heterocycles. The molecule has 0 aliphatic heterocycles. The standard InChI is InChI=1S/C59H86O6/c1-4-7-10-13-16-19-22-25-27-28-29-30-32-34-37-40-43-46-49-52-58(61)64-55-56(54-63-57(60)51-48-45-42-39-36-33-24-21-18-15-12-9-6-3)65-59(62)53-50-47-44-41-38-35-31-26-23-20-17-14-11-8-5-2/h7-12,14-21,23-25,27,29-30,33-34,36-37,39,42-43,46,56H,4-6,13,22,26,28,31-32,35,38,40-41,44-45,47-55H2,1-3H3/b10-7-,11-8-,12-9-,17-14-,18-15-,19-16-,23-20-,24-21-,27-25-,30-29-,36-33-,37-34-,42-39-,46-43-. The third kappa shape index (κ3) is 49.6. The van der Waals surface area contributed by atoms with Crippen LogP contribution in [0.2, 0.25) is 0 Å². The van der Waals surface area contributed by atoms with Crippen molar-refractivity contribution in [2.45, 2.75) is 168 Å². The van der Waals surface area contributed by atoms with Crippen LogP contribution in [-0.4, -0.2) is 37.2 Å². The van der Waals surface area contributed by atoms with Gasteiger partial charge >= 0.3 is 17.9 Å². The van der Waals surface area contributed by atoms with E-state index in [9.17, 15) is 14.4 Å². The van der Waals surface area contributed by atoms with Gasteiger partial charge < -0.3 is 14.2 Å². The minimum Gasteiger partial charge on any atom is -0.462 e. The van der Waals surface area contributed by atoms with E-state index in [0.29, 0.717) is 12.8 Å². The fourth-order valence-corrected chi connectivity index (χ4v) is 5.79. The van der Waals surface area contributed by atoms with E-state index in [0.717, 1.165) is 89.9 Å². The molecule has 0 bridgehead atoms. The average Bonchev–Trinajstić information content (AvgIpc) is 3.30. The third-order valence-electron chi connectivity index (χ3n) is 9.40. The van der Waals surface area contributed by atoms with Crippen LogP contribution in [0.5, 0.6) is 0 Å². The van der Waals surface area contributed by atoms with Gasteiger partial charge in [0.15, 0.2) is 6.10 Å². The first-order valence-electron chi connectivity index (χ1n) is 24.7. The molecule has 0 aromatic rings. The van der Waals surface area contributed by atoms with Crippen molar-refractivity contribution in [3.05, 3.63) is 170 Å². The summed E-state index contributed by atoms with van der Waals surface area (Å²) in [5.41, 5.74) is 0. The van der Waals surface area contributed by atoms with Crippen LogP contribution in [0.3, 0.4) is 0 Å². The maximum absolute atomic E-state index is 12.8. The minimum atomic E-state index is -0.853. The first kappa shape index (κ1) is 59.8. The number of carbonyl (C=O) groups is 3. The highest BCUT2D eigenvalue weighted by molar-refractivity contribution is 5.71. The number of esters is 3. The van der Waals surface area contributed by atoms with Gasteiger partial charge in [-0.05, 0) is 89.9 Å². The lowest BCUT2D eigenvalue weighted by Crippen LogP contribution is -2.30. The molecule has 1 unspecified atom stereocenters. The van der Waals surface area contributed by atoms with E-state index in [1.54, 1.807) is 0 Å². The monoisotopic (exact) mass is 891 g/mol. The van der Waals surface area contributed by atoms with Crippen molar-refractivity contribution in [3.63, 3.8) is 0 Å². The third-order valence-corrected chi connectivity index (χ3v) is 9.40. The fourth-order valence-electron chi connectivity index (χ4n) is 5.79. The highest BCUT2D eigenvalue weighted by Gasteiger charge is 2.19. The molecule has 0 saturated heterocycles. The molecule has 0 N–H and O–H groups in total. The lowest BCUT2D eigenvalue weighted by atomic mass is 10.1. The lowest BCUT2D eigenvalue weighted by molar-refractivity contribution is -0.166. The Morgan fingerprint density at radius 2 is 0.677 bits per heavy atom. The highest BCUT2D eigenvalue weighted by Crippen LogP contribution is 2.12. The first-order valence-corrected chi connectivity index (χ1v) is 24.7. The van der Waals surface area contributed by atoms with Gasteiger partial charge in [-0.3, -0.25) is 14.4 Å². The summed E-state index contributed by atoms with van der Waals surface area (Å²) in [5, 5.41) is 0. The molecule has 0 radical (unpaired) electrons. The van der Waals surface area contributed by atoms with Crippen LogP contribution >= 0.6 is 0 Å². The van der Waals surface area contributed by atoms with Crippen molar-refractivity contribution in [2.24, 2.45) is 0 Å². The number of unbranched alkanes of at least 4 members (excludes halogenated alkanes) is 8. The van der Waals surface area contributed by atoms with E-state index in [1.165, 1.54) is 19.3 Å². The molecule has 0 aromatic carbocycles. The number of hydrogen-bond acceptors (Lipinski definition) is 6. The zero-order valence-electron chi connectivity index (χ0n) is 40.7.